The largest absolute Gasteiger partial charge is 0.573 e. The summed E-state index contributed by atoms with van der Waals surface area (Å²) in [4.78, 5) is 38.4. The van der Waals surface area contributed by atoms with E-state index >= 15 is 0 Å². The van der Waals surface area contributed by atoms with Crippen LogP contribution in [0.4, 0.5) is 13.2 Å². The van der Waals surface area contributed by atoms with Gasteiger partial charge in [0.05, 0.1) is 24.0 Å². The number of nitrogens with zero attached hydrogens (tertiary/aromatic N) is 2. The van der Waals surface area contributed by atoms with Crippen molar-refractivity contribution in [2.45, 2.75) is 19.3 Å². The molecule has 0 radical (unpaired) electrons. The molecule has 190 valence electrons. The van der Waals surface area contributed by atoms with E-state index in [1.165, 1.54) is 18.5 Å². The molecule has 36 heavy (non-hydrogen) atoms. The van der Waals surface area contributed by atoms with Crippen molar-refractivity contribution >= 4 is 35.0 Å². The first-order chi connectivity index (χ1) is 17.1. The molecule has 0 aliphatic rings. The molecule has 0 aliphatic carbocycles. The Morgan fingerprint density at radius 3 is 2.39 bits per heavy atom. The Morgan fingerprint density at radius 2 is 1.72 bits per heavy atom. The van der Waals surface area contributed by atoms with E-state index in [9.17, 15) is 22.8 Å². The molecule has 13 heteroatoms. The maximum absolute atomic E-state index is 12.8. The maximum Gasteiger partial charge on any atom is 0.573 e. The second-order valence-electron chi connectivity index (χ2n) is 7.25. The number of carbonyl (C=O) groups excluding carboxylic acids is 2. The van der Waals surface area contributed by atoms with Crippen molar-refractivity contribution in [1.82, 2.24) is 20.8 Å². The lowest BCUT2D eigenvalue weighted by Crippen LogP contribution is -2.28. The molecule has 1 aromatic heterocycles. The zero-order chi connectivity index (χ0) is 26.3. The number of carbonyl (C=O) groups is 2. The monoisotopic (exact) mass is 542 g/mol. The molecule has 0 bridgehead atoms. The van der Waals surface area contributed by atoms with Gasteiger partial charge in [-0.15, -0.1) is 24.8 Å². The fraction of sp³-hybridized carbons (Fsp3) is 0.217. The van der Waals surface area contributed by atoms with Crippen LogP contribution in [0.1, 0.15) is 39.4 Å². The van der Waals surface area contributed by atoms with Gasteiger partial charge in [-0.1, -0.05) is 23.7 Å². The van der Waals surface area contributed by atoms with E-state index in [1.807, 2.05) is 0 Å². The van der Waals surface area contributed by atoms with Gasteiger partial charge in [0.25, 0.3) is 11.8 Å². The highest BCUT2D eigenvalue weighted by Crippen LogP contribution is 2.28. The van der Waals surface area contributed by atoms with Gasteiger partial charge < -0.3 is 10.1 Å². The van der Waals surface area contributed by atoms with Crippen molar-refractivity contribution in [3.8, 4) is 17.0 Å². The number of benzene rings is 2. The predicted molar refractivity (Wildman–Crippen MR) is 126 cm³/mol. The highest BCUT2D eigenvalue weighted by Gasteiger charge is 2.31. The van der Waals surface area contributed by atoms with Crippen molar-refractivity contribution in [1.29, 1.82) is 0 Å². The van der Waals surface area contributed by atoms with Crippen LogP contribution in [-0.4, -0.2) is 40.6 Å². The molecule has 1 atom stereocenters. The molecule has 2 N–H and O–H groups in total. The number of amides is 2. The van der Waals surface area contributed by atoms with E-state index in [-0.39, 0.29) is 23.1 Å². The van der Waals surface area contributed by atoms with Gasteiger partial charge in [-0.2, -0.15) is 0 Å². The molecule has 1 unspecified atom stereocenters. The van der Waals surface area contributed by atoms with Gasteiger partial charge in [0.15, 0.2) is 0 Å². The third-order valence-corrected chi connectivity index (χ3v) is 4.99. The SMILES string of the molecule is CC(NC(=O)c1cc(Cl)cc(OC(F)(F)F)c1)c1nccnc1-c1ccc(C(=O)NOCCCl)cc1. The van der Waals surface area contributed by atoms with E-state index in [4.69, 9.17) is 28.0 Å². The first-order valence-corrected chi connectivity index (χ1v) is 11.3. The van der Waals surface area contributed by atoms with Crippen LogP contribution in [0.25, 0.3) is 11.3 Å². The lowest BCUT2D eigenvalue weighted by Gasteiger charge is -2.17. The second-order valence-corrected chi connectivity index (χ2v) is 8.07. The highest BCUT2D eigenvalue weighted by atomic mass is 35.5. The average Bonchev–Trinajstić information content (AvgIpc) is 2.82. The Bertz CT molecular complexity index is 1230. The summed E-state index contributed by atoms with van der Waals surface area (Å²) >= 11 is 11.4. The molecule has 0 aliphatic heterocycles. The van der Waals surface area contributed by atoms with Crippen molar-refractivity contribution in [2.75, 3.05) is 12.5 Å². The molecule has 1 heterocycles. The Hall–Kier alpha value is -3.41. The van der Waals surface area contributed by atoms with Gasteiger partial charge in [-0.05, 0) is 37.3 Å². The summed E-state index contributed by atoms with van der Waals surface area (Å²) in [7, 11) is 0. The number of hydrogen-bond acceptors (Lipinski definition) is 6. The summed E-state index contributed by atoms with van der Waals surface area (Å²) in [6.07, 6.45) is -2.04. The third-order valence-electron chi connectivity index (χ3n) is 4.62. The molecule has 0 fully saturated rings. The summed E-state index contributed by atoms with van der Waals surface area (Å²) in [6, 6.07) is 8.81. The van der Waals surface area contributed by atoms with Crippen LogP contribution in [0.2, 0.25) is 5.02 Å². The van der Waals surface area contributed by atoms with E-state index in [2.05, 4.69) is 25.5 Å². The molecule has 3 aromatic rings. The second kappa shape index (κ2) is 12.0. The summed E-state index contributed by atoms with van der Waals surface area (Å²) in [6.45, 7) is 1.79. The molecular formula is C23H19Cl2F3N4O4. The number of aromatic nitrogens is 2. The zero-order valence-electron chi connectivity index (χ0n) is 18.6. The predicted octanol–water partition coefficient (Wildman–Crippen LogP) is 5.09. The lowest BCUT2D eigenvalue weighted by molar-refractivity contribution is -0.274. The quantitative estimate of drug-likeness (QED) is 0.222. The Balaban J connectivity index is 1.78. The van der Waals surface area contributed by atoms with Crippen LogP contribution in [0.15, 0.2) is 54.9 Å². The van der Waals surface area contributed by atoms with Crippen LogP contribution < -0.4 is 15.5 Å². The van der Waals surface area contributed by atoms with Gasteiger partial charge in [0.2, 0.25) is 0 Å². The minimum absolute atomic E-state index is 0.105. The van der Waals surface area contributed by atoms with Crippen LogP contribution in [0.3, 0.4) is 0 Å². The molecule has 8 nitrogen and oxygen atoms in total. The Labute approximate surface area is 213 Å². The molecule has 0 saturated carbocycles. The summed E-state index contributed by atoms with van der Waals surface area (Å²) in [5.74, 6) is -1.55. The van der Waals surface area contributed by atoms with Crippen LogP contribution >= 0.6 is 23.2 Å². The Kier molecular flexibility index (Phi) is 9.08. The average molecular weight is 543 g/mol. The third kappa shape index (κ3) is 7.54. The molecule has 3 rings (SSSR count). The van der Waals surface area contributed by atoms with Crippen molar-refractivity contribution in [2.24, 2.45) is 0 Å². The smallest absolute Gasteiger partial charge is 0.406 e. The van der Waals surface area contributed by atoms with Gasteiger partial charge in [0, 0.05) is 40.0 Å². The fourth-order valence-corrected chi connectivity index (χ4v) is 3.42. The van der Waals surface area contributed by atoms with Crippen molar-refractivity contribution in [3.63, 3.8) is 0 Å². The van der Waals surface area contributed by atoms with Crippen molar-refractivity contribution < 1.29 is 32.3 Å². The van der Waals surface area contributed by atoms with Gasteiger partial charge >= 0.3 is 6.36 Å². The summed E-state index contributed by atoms with van der Waals surface area (Å²) in [5.41, 5.74) is 3.90. The normalized spacial score (nSPS) is 12.1. The molecule has 0 saturated heterocycles. The number of hydrogen-bond donors (Lipinski definition) is 2. The minimum Gasteiger partial charge on any atom is -0.406 e. The van der Waals surface area contributed by atoms with Crippen LogP contribution in [-0.2, 0) is 4.84 Å². The van der Waals surface area contributed by atoms with E-state index in [0.717, 1.165) is 12.1 Å². The summed E-state index contributed by atoms with van der Waals surface area (Å²) < 4.78 is 41.6. The molecule has 2 aromatic carbocycles. The molecular weight excluding hydrogens is 524 g/mol. The standard InChI is InChI=1S/C23H19Cl2F3N4O4/c1-13(31-21(33)16-10-17(25)12-18(11-16)36-23(26,27)28)19-20(30-8-7-29-19)14-2-4-15(5-3-14)22(34)32-35-9-6-24/h2-5,7-8,10-13H,6,9H2,1H3,(H,31,33)(H,32,34). The fourth-order valence-electron chi connectivity index (χ4n) is 3.12. The summed E-state index contributed by atoms with van der Waals surface area (Å²) in [5, 5.41) is 2.57. The highest BCUT2D eigenvalue weighted by molar-refractivity contribution is 6.31. The van der Waals surface area contributed by atoms with E-state index in [1.54, 1.807) is 31.2 Å². The first kappa shape index (κ1) is 27.2. The lowest BCUT2D eigenvalue weighted by atomic mass is 10.0. The zero-order valence-corrected chi connectivity index (χ0v) is 20.1. The number of nitrogens with one attached hydrogen (secondary N) is 2. The number of rotatable bonds is 9. The van der Waals surface area contributed by atoms with Gasteiger partial charge in [0.1, 0.15) is 5.75 Å². The molecule has 0 spiro atoms. The first-order valence-electron chi connectivity index (χ1n) is 10.3. The number of ether oxygens (including phenoxy) is 1. The van der Waals surface area contributed by atoms with E-state index < -0.39 is 30.0 Å². The van der Waals surface area contributed by atoms with Crippen LogP contribution in [0, 0.1) is 0 Å². The number of hydroxylamine groups is 1. The molecule has 2 amide bonds. The Morgan fingerprint density at radius 1 is 1.03 bits per heavy atom. The van der Waals surface area contributed by atoms with Gasteiger partial charge in [-0.25, -0.2) is 5.48 Å². The van der Waals surface area contributed by atoms with Crippen molar-refractivity contribution in [3.05, 3.63) is 76.7 Å². The topological polar surface area (TPSA) is 102 Å². The minimum atomic E-state index is -4.94. The van der Waals surface area contributed by atoms with Gasteiger partial charge in [-0.3, -0.25) is 24.4 Å². The number of halogens is 5. The number of alkyl halides is 4. The van der Waals surface area contributed by atoms with Crippen LogP contribution in [0.5, 0.6) is 5.75 Å². The van der Waals surface area contributed by atoms with E-state index in [0.29, 0.717) is 22.5 Å². The maximum atomic E-state index is 12.8.